The van der Waals surface area contributed by atoms with Crippen LogP contribution in [0.25, 0.3) is 0 Å². The van der Waals surface area contributed by atoms with Crippen molar-refractivity contribution >= 4 is 23.3 Å². The molecular formula is C17H19ClN2O3. The lowest BCUT2D eigenvalue weighted by atomic mass is 10.2. The maximum Gasteiger partial charge on any atom is 0.319 e. The van der Waals surface area contributed by atoms with Crippen LogP contribution < -0.4 is 20.1 Å². The van der Waals surface area contributed by atoms with Gasteiger partial charge in [0.15, 0.2) is 0 Å². The van der Waals surface area contributed by atoms with Crippen LogP contribution in [-0.4, -0.2) is 26.3 Å². The Morgan fingerprint density at radius 2 is 1.91 bits per heavy atom. The number of aryl methyl sites for hydroxylation is 1. The molecule has 0 fully saturated rings. The molecule has 0 aromatic heterocycles. The number of hydrogen-bond acceptors (Lipinski definition) is 3. The van der Waals surface area contributed by atoms with E-state index in [0.29, 0.717) is 29.6 Å². The van der Waals surface area contributed by atoms with Gasteiger partial charge in [0.2, 0.25) is 0 Å². The van der Waals surface area contributed by atoms with E-state index in [9.17, 15) is 4.79 Å². The van der Waals surface area contributed by atoms with Crippen LogP contribution in [0.3, 0.4) is 0 Å². The zero-order chi connectivity index (χ0) is 16.7. The highest BCUT2D eigenvalue weighted by Crippen LogP contribution is 2.27. The van der Waals surface area contributed by atoms with Gasteiger partial charge in [0.05, 0.1) is 19.3 Å². The van der Waals surface area contributed by atoms with Crippen molar-refractivity contribution in [1.29, 1.82) is 0 Å². The number of hydrogen-bond donors (Lipinski definition) is 2. The van der Waals surface area contributed by atoms with Crippen LogP contribution in [0, 0.1) is 6.92 Å². The second-order valence-electron chi connectivity index (χ2n) is 4.89. The van der Waals surface area contributed by atoms with Crippen LogP contribution in [0.1, 0.15) is 5.56 Å². The Kier molecular flexibility index (Phi) is 6.11. The molecule has 0 unspecified atom stereocenters. The molecule has 0 bridgehead atoms. The molecule has 0 saturated carbocycles. The molecule has 0 aliphatic heterocycles. The number of carbonyl (C=O) groups is 1. The molecule has 2 N–H and O–H groups in total. The lowest BCUT2D eigenvalue weighted by Gasteiger charge is -2.12. The zero-order valence-electron chi connectivity index (χ0n) is 13.1. The second-order valence-corrected chi connectivity index (χ2v) is 5.32. The third-order valence-electron chi connectivity index (χ3n) is 3.09. The van der Waals surface area contributed by atoms with E-state index in [1.165, 1.54) is 12.7 Å². The van der Waals surface area contributed by atoms with E-state index in [-0.39, 0.29) is 6.03 Å². The summed E-state index contributed by atoms with van der Waals surface area (Å²) in [6.07, 6.45) is 0. The number of halogens is 1. The number of nitrogens with one attached hydrogen (secondary N) is 2. The van der Waals surface area contributed by atoms with Crippen molar-refractivity contribution in [1.82, 2.24) is 5.32 Å². The summed E-state index contributed by atoms with van der Waals surface area (Å²) in [5.41, 5.74) is 1.68. The van der Waals surface area contributed by atoms with Crippen molar-refractivity contribution in [3.05, 3.63) is 53.1 Å². The van der Waals surface area contributed by atoms with Gasteiger partial charge in [0.1, 0.15) is 18.1 Å². The molecule has 0 radical (unpaired) electrons. The van der Waals surface area contributed by atoms with E-state index in [0.717, 1.165) is 5.75 Å². The van der Waals surface area contributed by atoms with E-state index in [1.54, 1.807) is 18.2 Å². The van der Waals surface area contributed by atoms with E-state index >= 15 is 0 Å². The zero-order valence-corrected chi connectivity index (χ0v) is 13.8. The molecule has 2 rings (SSSR count). The van der Waals surface area contributed by atoms with Gasteiger partial charge in [-0.15, -0.1) is 0 Å². The number of carbonyl (C=O) groups excluding carboxylic acids is 1. The molecule has 23 heavy (non-hydrogen) atoms. The molecule has 5 nitrogen and oxygen atoms in total. The summed E-state index contributed by atoms with van der Waals surface area (Å²) in [5, 5.41) is 5.92. The van der Waals surface area contributed by atoms with Crippen molar-refractivity contribution in [2.45, 2.75) is 6.92 Å². The molecule has 2 amide bonds. The average Bonchev–Trinajstić information content (AvgIpc) is 2.53. The lowest BCUT2D eigenvalue weighted by Crippen LogP contribution is -2.32. The average molecular weight is 335 g/mol. The molecule has 0 aliphatic rings. The van der Waals surface area contributed by atoms with Crippen LogP contribution in [0.4, 0.5) is 10.5 Å². The smallest absolute Gasteiger partial charge is 0.319 e. The van der Waals surface area contributed by atoms with E-state index in [1.807, 2.05) is 31.2 Å². The molecule has 122 valence electrons. The van der Waals surface area contributed by atoms with Crippen LogP contribution in [0.5, 0.6) is 11.5 Å². The number of rotatable bonds is 6. The van der Waals surface area contributed by atoms with Gasteiger partial charge in [-0.1, -0.05) is 29.3 Å². The van der Waals surface area contributed by atoms with Crippen LogP contribution >= 0.6 is 11.6 Å². The van der Waals surface area contributed by atoms with E-state index < -0.39 is 0 Å². The molecular weight excluding hydrogens is 316 g/mol. The molecule has 0 saturated heterocycles. The minimum atomic E-state index is -0.349. The molecule has 2 aromatic carbocycles. The van der Waals surface area contributed by atoms with Gasteiger partial charge in [-0.3, -0.25) is 0 Å². The van der Waals surface area contributed by atoms with Gasteiger partial charge in [-0.25, -0.2) is 4.79 Å². The highest BCUT2D eigenvalue weighted by Gasteiger charge is 2.07. The first kappa shape index (κ1) is 17.0. The largest absolute Gasteiger partial charge is 0.495 e. The maximum atomic E-state index is 11.9. The Labute approximate surface area is 140 Å². The van der Waals surface area contributed by atoms with Gasteiger partial charge in [-0.05, 0) is 37.3 Å². The molecule has 2 aromatic rings. The number of methoxy groups -OCH3 is 1. The molecule has 0 heterocycles. The Hall–Kier alpha value is -2.40. The van der Waals surface area contributed by atoms with Crippen molar-refractivity contribution in [2.75, 3.05) is 25.6 Å². The van der Waals surface area contributed by atoms with Gasteiger partial charge < -0.3 is 20.1 Å². The topological polar surface area (TPSA) is 59.6 Å². The summed E-state index contributed by atoms with van der Waals surface area (Å²) in [6.45, 7) is 2.77. The summed E-state index contributed by atoms with van der Waals surface area (Å²) in [4.78, 5) is 11.9. The highest BCUT2D eigenvalue weighted by atomic mass is 35.5. The fourth-order valence-electron chi connectivity index (χ4n) is 1.91. The Balaban J connectivity index is 1.77. The minimum absolute atomic E-state index is 0.349. The Bertz CT molecular complexity index is 659. The Morgan fingerprint density at radius 3 is 2.61 bits per heavy atom. The number of ether oxygens (including phenoxy) is 2. The van der Waals surface area contributed by atoms with Crippen LogP contribution in [0.2, 0.25) is 5.02 Å². The van der Waals surface area contributed by atoms with Crippen molar-refractivity contribution in [2.24, 2.45) is 0 Å². The normalized spacial score (nSPS) is 10.0. The number of amides is 2. The maximum absolute atomic E-state index is 11.9. The van der Waals surface area contributed by atoms with E-state index in [4.69, 9.17) is 21.1 Å². The summed E-state index contributed by atoms with van der Waals surface area (Å²) in [6, 6.07) is 12.4. The number of anilines is 1. The molecule has 0 atom stereocenters. The monoisotopic (exact) mass is 334 g/mol. The van der Waals surface area contributed by atoms with Gasteiger partial charge in [0.25, 0.3) is 0 Å². The first-order valence-electron chi connectivity index (χ1n) is 7.16. The summed E-state index contributed by atoms with van der Waals surface area (Å²) in [5.74, 6) is 1.31. The number of urea groups is 1. The highest BCUT2D eigenvalue weighted by molar-refractivity contribution is 6.31. The Morgan fingerprint density at radius 1 is 1.17 bits per heavy atom. The predicted octanol–water partition coefficient (Wildman–Crippen LogP) is 3.86. The third-order valence-corrected chi connectivity index (χ3v) is 3.32. The first-order valence-corrected chi connectivity index (χ1v) is 7.54. The standard InChI is InChI=1S/C17H19ClN2O3/c1-12-3-6-14(7-4-12)23-10-9-19-17(21)20-15-11-13(18)5-8-16(15)22-2/h3-8,11H,9-10H2,1-2H3,(H2,19,20,21). The van der Waals surface area contributed by atoms with Crippen LogP contribution in [0.15, 0.2) is 42.5 Å². The summed E-state index contributed by atoms with van der Waals surface area (Å²) < 4.78 is 10.7. The molecule has 6 heteroatoms. The fourth-order valence-corrected chi connectivity index (χ4v) is 2.08. The number of benzene rings is 2. The summed E-state index contributed by atoms with van der Waals surface area (Å²) in [7, 11) is 1.53. The quantitative estimate of drug-likeness (QED) is 0.789. The first-order chi connectivity index (χ1) is 11.1. The predicted molar refractivity (Wildman–Crippen MR) is 91.7 cm³/mol. The van der Waals surface area contributed by atoms with Crippen molar-refractivity contribution in [3.8, 4) is 11.5 Å². The van der Waals surface area contributed by atoms with Crippen molar-refractivity contribution in [3.63, 3.8) is 0 Å². The third kappa shape index (κ3) is 5.38. The minimum Gasteiger partial charge on any atom is -0.495 e. The fraction of sp³-hybridized carbons (Fsp3) is 0.235. The van der Waals surface area contributed by atoms with Crippen LogP contribution in [-0.2, 0) is 0 Å². The van der Waals surface area contributed by atoms with Gasteiger partial charge in [-0.2, -0.15) is 0 Å². The van der Waals surface area contributed by atoms with Gasteiger partial charge in [0, 0.05) is 5.02 Å². The second kappa shape index (κ2) is 8.29. The summed E-state index contributed by atoms with van der Waals surface area (Å²) >= 11 is 5.92. The van der Waals surface area contributed by atoms with Gasteiger partial charge >= 0.3 is 6.03 Å². The molecule has 0 aliphatic carbocycles. The molecule has 0 spiro atoms. The lowest BCUT2D eigenvalue weighted by molar-refractivity contribution is 0.247. The van der Waals surface area contributed by atoms with E-state index in [2.05, 4.69) is 10.6 Å². The SMILES string of the molecule is COc1ccc(Cl)cc1NC(=O)NCCOc1ccc(C)cc1. The van der Waals surface area contributed by atoms with Crippen molar-refractivity contribution < 1.29 is 14.3 Å².